The highest BCUT2D eigenvalue weighted by Crippen LogP contribution is 2.27. The number of hydrogen-bond acceptors (Lipinski definition) is 1. The van der Waals surface area contributed by atoms with E-state index in [9.17, 15) is 13.2 Å². The average Bonchev–Trinajstić information content (AvgIpc) is 2.22. The van der Waals surface area contributed by atoms with Gasteiger partial charge in [-0.25, -0.2) is 13.2 Å². The summed E-state index contributed by atoms with van der Waals surface area (Å²) in [7, 11) is 0. The molecule has 0 saturated carbocycles. The number of rotatable bonds is 3. The topological polar surface area (TPSA) is 26.0 Å². The fourth-order valence-corrected chi connectivity index (χ4v) is 1.39. The number of halogens is 4. The predicted octanol–water partition coefficient (Wildman–Crippen LogP) is 3.57. The molecule has 1 aromatic carbocycles. The molecule has 0 aliphatic rings. The molecule has 0 saturated heterocycles. The molecule has 0 spiro atoms. The van der Waals surface area contributed by atoms with Gasteiger partial charge in [0.2, 0.25) is 0 Å². The van der Waals surface area contributed by atoms with Crippen LogP contribution in [-0.2, 0) is 0 Å². The van der Waals surface area contributed by atoms with Crippen LogP contribution in [-0.4, -0.2) is 0 Å². The lowest BCUT2D eigenvalue weighted by molar-refractivity contribution is 0.403. The Morgan fingerprint density at radius 3 is 2.19 bits per heavy atom. The van der Waals surface area contributed by atoms with Crippen LogP contribution >= 0.6 is 12.4 Å². The van der Waals surface area contributed by atoms with Gasteiger partial charge in [0.1, 0.15) is 5.82 Å². The van der Waals surface area contributed by atoms with Crippen LogP contribution < -0.4 is 5.73 Å². The van der Waals surface area contributed by atoms with Gasteiger partial charge in [0.15, 0.2) is 11.6 Å². The number of nitrogens with two attached hydrogens (primary N) is 1. The van der Waals surface area contributed by atoms with Gasteiger partial charge >= 0.3 is 0 Å². The largest absolute Gasteiger partial charge is 0.324 e. The summed E-state index contributed by atoms with van der Waals surface area (Å²) in [6, 6.07) is 0.846. The van der Waals surface area contributed by atoms with Crippen molar-refractivity contribution in [1.82, 2.24) is 0 Å². The summed E-state index contributed by atoms with van der Waals surface area (Å²) in [6.45, 7) is 3.63. The molecular formula is C11H15ClF3N. The summed E-state index contributed by atoms with van der Waals surface area (Å²) in [5, 5.41) is 0. The molecule has 0 amide bonds. The molecule has 92 valence electrons. The zero-order chi connectivity index (χ0) is 11.6. The Morgan fingerprint density at radius 1 is 1.19 bits per heavy atom. The Hall–Kier alpha value is -0.740. The second-order valence-electron chi connectivity index (χ2n) is 3.67. The molecular weight excluding hydrogens is 239 g/mol. The highest BCUT2D eigenvalue weighted by molar-refractivity contribution is 5.85. The van der Waals surface area contributed by atoms with E-state index in [1.54, 1.807) is 6.92 Å². The first-order valence-electron chi connectivity index (χ1n) is 4.88. The van der Waals surface area contributed by atoms with Crippen molar-refractivity contribution in [2.75, 3.05) is 0 Å². The third kappa shape index (κ3) is 2.89. The standard InChI is InChI=1S/C11H14F3N.ClH/c1-3-6(2)11(15)9-7(12)4-5-8(13)10(9)14;/h4-6,11H,3,15H2,1-2H3;1H/t6?,11-;/m1./s1. The zero-order valence-corrected chi connectivity index (χ0v) is 9.95. The second kappa shape index (κ2) is 6.11. The summed E-state index contributed by atoms with van der Waals surface area (Å²) in [5.41, 5.74) is 5.32. The van der Waals surface area contributed by atoms with E-state index in [4.69, 9.17) is 5.73 Å². The summed E-state index contributed by atoms with van der Waals surface area (Å²) < 4.78 is 39.5. The van der Waals surface area contributed by atoms with Crippen LogP contribution in [0.15, 0.2) is 12.1 Å². The Morgan fingerprint density at radius 2 is 1.69 bits per heavy atom. The van der Waals surface area contributed by atoms with Crippen LogP contribution in [0, 0.1) is 23.4 Å². The van der Waals surface area contributed by atoms with E-state index >= 15 is 0 Å². The summed E-state index contributed by atoms with van der Waals surface area (Å²) in [6.07, 6.45) is 0.677. The maximum absolute atomic E-state index is 13.3. The molecule has 0 heterocycles. The molecule has 0 aromatic heterocycles. The maximum Gasteiger partial charge on any atom is 0.166 e. The minimum absolute atomic E-state index is 0. The lowest BCUT2D eigenvalue weighted by atomic mass is 9.92. The Balaban J connectivity index is 0.00000225. The maximum atomic E-state index is 13.3. The summed E-state index contributed by atoms with van der Waals surface area (Å²) in [5.74, 6) is -3.13. The van der Waals surface area contributed by atoms with E-state index in [0.29, 0.717) is 6.42 Å². The molecule has 0 bridgehead atoms. The fraction of sp³-hybridized carbons (Fsp3) is 0.455. The summed E-state index contributed by atoms with van der Waals surface area (Å²) in [4.78, 5) is 0. The molecule has 2 atom stereocenters. The fourth-order valence-electron chi connectivity index (χ4n) is 1.39. The molecule has 0 aliphatic heterocycles. The van der Waals surface area contributed by atoms with E-state index in [1.165, 1.54) is 0 Å². The molecule has 1 aromatic rings. The Kier molecular flexibility index (Phi) is 5.83. The molecule has 5 heteroatoms. The minimum Gasteiger partial charge on any atom is -0.324 e. The van der Waals surface area contributed by atoms with Gasteiger partial charge in [-0.2, -0.15) is 0 Å². The first kappa shape index (κ1) is 15.3. The van der Waals surface area contributed by atoms with Gasteiger partial charge in [-0.1, -0.05) is 20.3 Å². The molecule has 1 rings (SSSR count). The van der Waals surface area contributed by atoms with Gasteiger partial charge in [-0.05, 0) is 18.1 Å². The first-order chi connectivity index (χ1) is 6.99. The van der Waals surface area contributed by atoms with Crippen LogP contribution in [0.3, 0.4) is 0 Å². The van der Waals surface area contributed by atoms with Crippen LogP contribution in [0.1, 0.15) is 31.9 Å². The third-order valence-electron chi connectivity index (χ3n) is 2.67. The van der Waals surface area contributed by atoms with E-state index in [-0.39, 0.29) is 23.9 Å². The molecule has 0 radical (unpaired) electrons. The lowest BCUT2D eigenvalue weighted by Gasteiger charge is -2.19. The van der Waals surface area contributed by atoms with Crippen LogP contribution in [0.25, 0.3) is 0 Å². The normalized spacial score (nSPS) is 14.1. The first-order valence-corrected chi connectivity index (χ1v) is 4.88. The third-order valence-corrected chi connectivity index (χ3v) is 2.67. The smallest absolute Gasteiger partial charge is 0.166 e. The Labute approximate surface area is 99.2 Å². The number of hydrogen-bond donors (Lipinski definition) is 1. The molecule has 0 fully saturated rings. The van der Waals surface area contributed by atoms with Crippen molar-refractivity contribution in [2.24, 2.45) is 11.7 Å². The SMILES string of the molecule is CCC(C)[C@@H](N)c1c(F)ccc(F)c1F.Cl. The molecule has 1 nitrogen and oxygen atoms in total. The van der Waals surface area contributed by atoms with E-state index in [0.717, 1.165) is 12.1 Å². The van der Waals surface area contributed by atoms with Gasteiger partial charge in [0, 0.05) is 11.6 Å². The van der Waals surface area contributed by atoms with Crippen molar-refractivity contribution in [3.63, 3.8) is 0 Å². The van der Waals surface area contributed by atoms with Gasteiger partial charge in [0.25, 0.3) is 0 Å². The lowest BCUT2D eigenvalue weighted by Crippen LogP contribution is -2.21. The highest BCUT2D eigenvalue weighted by atomic mass is 35.5. The van der Waals surface area contributed by atoms with Crippen molar-refractivity contribution >= 4 is 12.4 Å². The van der Waals surface area contributed by atoms with Crippen LogP contribution in [0.4, 0.5) is 13.2 Å². The second-order valence-corrected chi connectivity index (χ2v) is 3.67. The quantitative estimate of drug-likeness (QED) is 0.819. The Bertz CT molecular complexity index is 357. The van der Waals surface area contributed by atoms with E-state index < -0.39 is 23.5 Å². The van der Waals surface area contributed by atoms with Crippen molar-refractivity contribution < 1.29 is 13.2 Å². The van der Waals surface area contributed by atoms with Gasteiger partial charge < -0.3 is 5.73 Å². The van der Waals surface area contributed by atoms with Crippen molar-refractivity contribution in [1.29, 1.82) is 0 Å². The average molecular weight is 254 g/mol. The van der Waals surface area contributed by atoms with E-state index in [2.05, 4.69) is 0 Å². The van der Waals surface area contributed by atoms with E-state index in [1.807, 2.05) is 6.92 Å². The van der Waals surface area contributed by atoms with Crippen LogP contribution in [0.2, 0.25) is 0 Å². The van der Waals surface area contributed by atoms with Gasteiger partial charge in [-0.15, -0.1) is 12.4 Å². The molecule has 1 unspecified atom stereocenters. The molecule has 2 N–H and O–H groups in total. The number of benzene rings is 1. The molecule has 0 aliphatic carbocycles. The van der Waals surface area contributed by atoms with Gasteiger partial charge in [0.05, 0.1) is 0 Å². The van der Waals surface area contributed by atoms with Crippen molar-refractivity contribution in [3.05, 3.63) is 35.1 Å². The summed E-state index contributed by atoms with van der Waals surface area (Å²) >= 11 is 0. The van der Waals surface area contributed by atoms with Crippen molar-refractivity contribution in [2.45, 2.75) is 26.3 Å². The zero-order valence-electron chi connectivity index (χ0n) is 9.14. The monoisotopic (exact) mass is 253 g/mol. The predicted molar refractivity (Wildman–Crippen MR) is 59.9 cm³/mol. The highest BCUT2D eigenvalue weighted by Gasteiger charge is 2.23. The van der Waals surface area contributed by atoms with Crippen molar-refractivity contribution in [3.8, 4) is 0 Å². The molecule has 16 heavy (non-hydrogen) atoms. The van der Waals surface area contributed by atoms with Crippen LogP contribution in [0.5, 0.6) is 0 Å². The minimum atomic E-state index is -1.18. The van der Waals surface area contributed by atoms with Gasteiger partial charge in [-0.3, -0.25) is 0 Å².